The maximum absolute atomic E-state index is 11.8. The predicted molar refractivity (Wildman–Crippen MR) is 89.5 cm³/mol. The molecule has 0 bridgehead atoms. The fourth-order valence-electron chi connectivity index (χ4n) is 3.29. The van der Waals surface area contributed by atoms with E-state index in [0.29, 0.717) is 13.2 Å². The normalized spacial score (nSPS) is 23.0. The molecule has 1 N–H and O–H groups in total. The van der Waals surface area contributed by atoms with E-state index in [2.05, 4.69) is 5.32 Å². The molecule has 0 aromatic heterocycles. The molecule has 0 radical (unpaired) electrons. The topological polar surface area (TPSA) is 73.9 Å². The van der Waals surface area contributed by atoms with Crippen LogP contribution in [0, 0.1) is 5.92 Å². The van der Waals surface area contributed by atoms with Gasteiger partial charge in [-0.05, 0) is 32.1 Å². The minimum absolute atomic E-state index is 0.0725. The Morgan fingerprint density at radius 1 is 1.17 bits per heavy atom. The Labute approximate surface area is 144 Å². The van der Waals surface area contributed by atoms with E-state index in [-0.39, 0.29) is 18.6 Å². The summed E-state index contributed by atoms with van der Waals surface area (Å²) in [6, 6.07) is 0. The number of esters is 1. The fourth-order valence-corrected chi connectivity index (χ4v) is 3.29. The van der Waals surface area contributed by atoms with E-state index >= 15 is 0 Å². The molecule has 2 atom stereocenters. The van der Waals surface area contributed by atoms with E-state index in [9.17, 15) is 9.59 Å². The largest absolute Gasteiger partial charge is 0.454 e. The van der Waals surface area contributed by atoms with E-state index in [1.807, 2.05) is 0 Å². The summed E-state index contributed by atoms with van der Waals surface area (Å²) < 4.78 is 15.9. The summed E-state index contributed by atoms with van der Waals surface area (Å²) in [5.74, 6) is -0.0197. The lowest BCUT2D eigenvalue weighted by molar-refractivity contribution is -0.160. The number of nitrogens with one attached hydrogen (secondary N) is 1. The second kappa shape index (κ2) is 10.7. The molecule has 6 nitrogen and oxygen atoms in total. The smallest absolute Gasteiger partial charge is 0.335 e. The van der Waals surface area contributed by atoms with Crippen LogP contribution in [0.1, 0.15) is 58.3 Å². The maximum atomic E-state index is 11.8. The summed E-state index contributed by atoms with van der Waals surface area (Å²) in [5.41, 5.74) is 0. The molecule has 1 aliphatic heterocycles. The van der Waals surface area contributed by atoms with Gasteiger partial charge in [0.25, 0.3) is 5.91 Å². The number of hydrogen-bond acceptors (Lipinski definition) is 5. The van der Waals surface area contributed by atoms with Crippen LogP contribution in [0.4, 0.5) is 0 Å². The van der Waals surface area contributed by atoms with Gasteiger partial charge in [-0.25, -0.2) is 4.79 Å². The van der Waals surface area contributed by atoms with Crippen LogP contribution in [0.25, 0.3) is 0 Å². The van der Waals surface area contributed by atoms with Gasteiger partial charge in [-0.2, -0.15) is 0 Å². The number of hydrogen-bond donors (Lipinski definition) is 1. The van der Waals surface area contributed by atoms with Crippen LogP contribution in [0.2, 0.25) is 0 Å². The lowest BCUT2D eigenvalue weighted by atomic mass is 9.87. The monoisotopic (exact) mass is 341 g/mol. The highest BCUT2D eigenvalue weighted by Crippen LogP contribution is 2.25. The molecule has 1 amide bonds. The first kappa shape index (κ1) is 19.2. The Balaban J connectivity index is 1.50. The molecule has 1 heterocycles. The molecule has 0 aromatic carbocycles. The van der Waals surface area contributed by atoms with Gasteiger partial charge >= 0.3 is 5.97 Å². The molecule has 24 heavy (non-hydrogen) atoms. The van der Waals surface area contributed by atoms with Crippen molar-refractivity contribution < 1.29 is 23.8 Å². The third-order valence-electron chi connectivity index (χ3n) is 4.83. The number of rotatable bonds is 9. The molecule has 6 heteroatoms. The van der Waals surface area contributed by atoms with Gasteiger partial charge in [0.1, 0.15) is 0 Å². The van der Waals surface area contributed by atoms with Gasteiger partial charge < -0.3 is 19.5 Å². The molecule has 0 aromatic rings. The van der Waals surface area contributed by atoms with Crippen molar-refractivity contribution in [3.05, 3.63) is 0 Å². The van der Waals surface area contributed by atoms with Gasteiger partial charge in [-0.15, -0.1) is 0 Å². The van der Waals surface area contributed by atoms with E-state index in [4.69, 9.17) is 14.2 Å². The zero-order chi connectivity index (χ0) is 17.2. The highest BCUT2D eigenvalue weighted by molar-refractivity contribution is 5.81. The standard InChI is InChI=1S/C18H31NO5/c1-14(23-12-16-8-5-11-22-16)18(21)24-13-17(20)19-10-9-15-6-3-2-4-7-15/h14-16H,2-13H2,1H3,(H,19,20). The molecule has 2 aliphatic rings. The molecular weight excluding hydrogens is 310 g/mol. The van der Waals surface area contributed by atoms with Crippen molar-refractivity contribution in [1.82, 2.24) is 5.32 Å². The van der Waals surface area contributed by atoms with Crippen LogP contribution < -0.4 is 5.32 Å². The lowest BCUT2D eigenvalue weighted by Gasteiger charge is -2.21. The van der Waals surface area contributed by atoms with Crippen LogP contribution in [0.3, 0.4) is 0 Å². The Morgan fingerprint density at radius 2 is 1.96 bits per heavy atom. The molecular formula is C18H31NO5. The third kappa shape index (κ3) is 7.18. The van der Waals surface area contributed by atoms with Crippen molar-refractivity contribution in [1.29, 1.82) is 0 Å². The molecule has 2 fully saturated rings. The maximum Gasteiger partial charge on any atom is 0.335 e. The summed E-state index contributed by atoms with van der Waals surface area (Å²) in [7, 11) is 0. The number of ether oxygens (including phenoxy) is 3. The van der Waals surface area contributed by atoms with Crippen LogP contribution in [0.5, 0.6) is 0 Å². The molecule has 1 saturated carbocycles. The zero-order valence-electron chi connectivity index (χ0n) is 14.8. The van der Waals surface area contributed by atoms with Gasteiger partial charge in [0.15, 0.2) is 12.7 Å². The SMILES string of the molecule is CC(OCC1CCCO1)C(=O)OCC(=O)NCCC1CCCCC1. The number of carbonyl (C=O) groups is 2. The quantitative estimate of drug-likeness (QED) is 0.651. The van der Waals surface area contributed by atoms with Crippen molar-refractivity contribution in [2.75, 3.05) is 26.4 Å². The van der Waals surface area contributed by atoms with Crippen molar-refractivity contribution in [3.8, 4) is 0 Å². The Morgan fingerprint density at radius 3 is 2.67 bits per heavy atom. The molecule has 1 saturated heterocycles. The fraction of sp³-hybridized carbons (Fsp3) is 0.889. The second-order valence-corrected chi connectivity index (χ2v) is 6.86. The molecule has 0 spiro atoms. The molecule has 1 aliphatic carbocycles. The van der Waals surface area contributed by atoms with Crippen molar-refractivity contribution in [2.45, 2.75) is 70.5 Å². The summed E-state index contributed by atoms with van der Waals surface area (Å²) >= 11 is 0. The average molecular weight is 341 g/mol. The van der Waals surface area contributed by atoms with Gasteiger partial charge in [-0.3, -0.25) is 4.79 Å². The Bertz CT molecular complexity index is 389. The van der Waals surface area contributed by atoms with Crippen LogP contribution >= 0.6 is 0 Å². The van der Waals surface area contributed by atoms with Gasteiger partial charge in [0.05, 0.1) is 12.7 Å². The Hall–Kier alpha value is -1.14. The van der Waals surface area contributed by atoms with Crippen molar-refractivity contribution in [2.24, 2.45) is 5.92 Å². The van der Waals surface area contributed by atoms with Crippen molar-refractivity contribution >= 4 is 11.9 Å². The summed E-state index contributed by atoms with van der Waals surface area (Å²) in [4.78, 5) is 23.5. The van der Waals surface area contributed by atoms with Gasteiger partial charge in [0, 0.05) is 13.2 Å². The first-order valence-electron chi connectivity index (χ1n) is 9.31. The average Bonchev–Trinajstić information content (AvgIpc) is 3.12. The van der Waals surface area contributed by atoms with E-state index in [0.717, 1.165) is 31.8 Å². The molecule has 2 unspecified atom stereocenters. The van der Waals surface area contributed by atoms with Gasteiger partial charge in [0.2, 0.25) is 0 Å². The van der Waals surface area contributed by atoms with Crippen LogP contribution in [0.15, 0.2) is 0 Å². The van der Waals surface area contributed by atoms with Crippen LogP contribution in [-0.2, 0) is 23.8 Å². The third-order valence-corrected chi connectivity index (χ3v) is 4.83. The van der Waals surface area contributed by atoms with E-state index in [1.165, 1.54) is 32.1 Å². The van der Waals surface area contributed by atoms with E-state index < -0.39 is 12.1 Å². The summed E-state index contributed by atoms with van der Waals surface area (Å²) in [6.45, 7) is 3.21. The first-order valence-corrected chi connectivity index (χ1v) is 9.31. The molecule has 138 valence electrons. The zero-order valence-corrected chi connectivity index (χ0v) is 14.8. The van der Waals surface area contributed by atoms with Crippen molar-refractivity contribution in [3.63, 3.8) is 0 Å². The second-order valence-electron chi connectivity index (χ2n) is 6.86. The number of amides is 1. The minimum atomic E-state index is -0.677. The first-order chi connectivity index (χ1) is 11.6. The highest BCUT2D eigenvalue weighted by atomic mass is 16.6. The number of carbonyl (C=O) groups excluding carboxylic acids is 2. The predicted octanol–water partition coefficient (Wildman–Crippen LogP) is 2.20. The highest BCUT2D eigenvalue weighted by Gasteiger charge is 2.21. The Kier molecular flexibility index (Phi) is 8.53. The van der Waals surface area contributed by atoms with E-state index in [1.54, 1.807) is 6.92 Å². The van der Waals surface area contributed by atoms with Gasteiger partial charge in [-0.1, -0.05) is 32.1 Å². The molecule has 2 rings (SSSR count). The minimum Gasteiger partial charge on any atom is -0.454 e. The van der Waals surface area contributed by atoms with Crippen LogP contribution in [-0.4, -0.2) is 50.4 Å². The lowest BCUT2D eigenvalue weighted by Crippen LogP contribution is -2.33. The summed E-state index contributed by atoms with van der Waals surface area (Å²) in [6.07, 6.45) is 8.90. The summed E-state index contributed by atoms with van der Waals surface area (Å²) in [5, 5.41) is 2.82.